The lowest BCUT2D eigenvalue weighted by atomic mass is 10.1. The molecule has 1 aliphatic rings. The Morgan fingerprint density at radius 3 is 2.64 bits per heavy atom. The zero-order valence-corrected chi connectivity index (χ0v) is 15.7. The number of aromatic nitrogens is 1. The SMILES string of the molecule is Cc1cc(OC2CCN(Cc3ccc(O)cc3F)CC2)c2cccc(F)c2n1. The van der Waals surface area contributed by atoms with E-state index in [0.29, 0.717) is 34.5 Å². The summed E-state index contributed by atoms with van der Waals surface area (Å²) in [5.74, 6) is -0.148. The Bertz CT molecular complexity index is 1000. The van der Waals surface area contributed by atoms with Crippen molar-refractivity contribution in [2.75, 3.05) is 13.1 Å². The molecule has 28 heavy (non-hydrogen) atoms. The molecule has 1 fully saturated rings. The summed E-state index contributed by atoms with van der Waals surface area (Å²) in [7, 11) is 0. The van der Waals surface area contributed by atoms with Gasteiger partial charge in [-0.1, -0.05) is 12.1 Å². The number of aryl methyl sites for hydroxylation is 1. The monoisotopic (exact) mass is 384 g/mol. The van der Waals surface area contributed by atoms with Gasteiger partial charge in [-0.15, -0.1) is 0 Å². The molecule has 1 saturated heterocycles. The van der Waals surface area contributed by atoms with Crippen LogP contribution in [0, 0.1) is 18.6 Å². The van der Waals surface area contributed by atoms with Gasteiger partial charge in [0.2, 0.25) is 0 Å². The number of pyridine rings is 1. The molecule has 146 valence electrons. The molecule has 1 aromatic heterocycles. The quantitative estimate of drug-likeness (QED) is 0.716. The minimum atomic E-state index is -0.390. The Morgan fingerprint density at radius 1 is 1.11 bits per heavy atom. The zero-order valence-electron chi connectivity index (χ0n) is 15.7. The minimum absolute atomic E-state index is 0.0224. The van der Waals surface area contributed by atoms with E-state index in [2.05, 4.69) is 9.88 Å². The highest BCUT2D eigenvalue weighted by molar-refractivity contribution is 5.85. The van der Waals surface area contributed by atoms with Crippen LogP contribution in [0.3, 0.4) is 0 Å². The number of likely N-dealkylation sites (tertiary alicyclic amines) is 1. The summed E-state index contributed by atoms with van der Waals surface area (Å²) < 4.78 is 34.2. The molecule has 4 nitrogen and oxygen atoms in total. The lowest BCUT2D eigenvalue weighted by molar-refractivity contribution is 0.0972. The molecular formula is C22H22F2N2O2. The molecule has 0 radical (unpaired) electrons. The summed E-state index contributed by atoms with van der Waals surface area (Å²) >= 11 is 0. The van der Waals surface area contributed by atoms with Crippen molar-refractivity contribution in [3.05, 3.63) is 65.4 Å². The van der Waals surface area contributed by atoms with Crippen LogP contribution in [-0.2, 0) is 6.54 Å². The first kappa shape index (κ1) is 18.6. The van der Waals surface area contributed by atoms with Crippen molar-refractivity contribution >= 4 is 10.9 Å². The van der Waals surface area contributed by atoms with Gasteiger partial charge >= 0.3 is 0 Å². The molecular weight excluding hydrogens is 362 g/mol. The number of benzene rings is 2. The minimum Gasteiger partial charge on any atom is -0.508 e. The third-order valence-electron chi connectivity index (χ3n) is 5.14. The van der Waals surface area contributed by atoms with Gasteiger partial charge in [0.25, 0.3) is 0 Å². The van der Waals surface area contributed by atoms with Crippen molar-refractivity contribution < 1.29 is 18.6 Å². The van der Waals surface area contributed by atoms with E-state index >= 15 is 0 Å². The van der Waals surface area contributed by atoms with E-state index in [4.69, 9.17) is 4.74 Å². The Kier molecular flexibility index (Phi) is 5.13. The maximum atomic E-state index is 14.1. The Balaban J connectivity index is 1.42. The molecule has 6 heteroatoms. The molecule has 0 saturated carbocycles. The number of halogens is 2. The number of phenols is 1. The highest BCUT2D eigenvalue weighted by Gasteiger charge is 2.22. The first-order valence-corrected chi connectivity index (χ1v) is 9.42. The smallest absolute Gasteiger partial charge is 0.149 e. The van der Waals surface area contributed by atoms with Crippen molar-refractivity contribution in [3.63, 3.8) is 0 Å². The summed E-state index contributed by atoms with van der Waals surface area (Å²) in [5.41, 5.74) is 1.62. The van der Waals surface area contributed by atoms with E-state index in [1.165, 1.54) is 12.1 Å². The first-order valence-electron chi connectivity index (χ1n) is 9.42. The van der Waals surface area contributed by atoms with Gasteiger partial charge in [0.15, 0.2) is 0 Å². The van der Waals surface area contributed by atoms with Gasteiger partial charge in [-0.2, -0.15) is 0 Å². The fourth-order valence-corrected chi connectivity index (χ4v) is 3.67. The molecule has 1 aliphatic heterocycles. The molecule has 0 spiro atoms. The Labute approximate surface area is 162 Å². The number of fused-ring (bicyclic) bond motifs is 1. The second kappa shape index (κ2) is 7.72. The highest BCUT2D eigenvalue weighted by atomic mass is 19.1. The summed E-state index contributed by atoms with van der Waals surface area (Å²) in [6.45, 7) is 3.89. The van der Waals surface area contributed by atoms with Gasteiger partial charge in [-0.3, -0.25) is 4.90 Å². The van der Waals surface area contributed by atoms with Crippen LogP contribution in [0.25, 0.3) is 10.9 Å². The van der Waals surface area contributed by atoms with E-state index in [1.807, 2.05) is 19.1 Å². The predicted molar refractivity (Wildman–Crippen MR) is 103 cm³/mol. The van der Waals surface area contributed by atoms with Crippen molar-refractivity contribution in [1.82, 2.24) is 9.88 Å². The van der Waals surface area contributed by atoms with Crippen molar-refractivity contribution in [3.8, 4) is 11.5 Å². The molecule has 2 heterocycles. The lowest BCUT2D eigenvalue weighted by Gasteiger charge is -2.32. The predicted octanol–water partition coefficient (Wildman–Crippen LogP) is 4.57. The summed E-state index contributed by atoms with van der Waals surface area (Å²) in [4.78, 5) is 6.46. The van der Waals surface area contributed by atoms with Crippen LogP contribution in [0.2, 0.25) is 0 Å². The maximum absolute atomic E-state index is 14.1. The molecule has 2 aromatic carbocycles. The summed E-state index contributed by atoms with van der Waals surface area (Å²) in [5, 5.41) is 10.0. The van der Waals surface area contributed by atoms with E-state index in [9.17, 15) is 13.9 Å². The molecule has 0 amide bonds. The second-order valence-electron chi connectivity index (χ2n) is 7.27. The van der Waals surface area contributed by atoms with E-state index < -0.39 is 0 Å². The van der Waals surface area contributed by atoms with E-state index in [-0.39, 0.29) is 23.5 Å². The molecule has 0 unspecified atom stereocenters. The van der Waals surface area contributed by atoms with Gasteiger partial charge in [0.1, 0.15) is 34.8 Å². The van der Waals surface area contributed by atoms with Crippen LogP contribution >= 0.6 is 0 Å². The van der Waals surface area contributed by atoms with Gasteiger partial charge in [0.05, 0.1) is 0 Å². The third kappa shape index (κ3) is 3.92. The number of hydrogen-bond acceptors (Lipinski definition) is 4. The number of nitrogens with zero attached hydrogens (tertiary/aromatic N) is 2. The fraction of sp³-hybridized carbons (Fsp3) is 0.318. The fourth-order valence-electron chi connectivity index (χ4n) is 3.67. The third-order valence-corrected chi connectivity index (χ3v) is 5.14. The van der Waals surface area contributed by atoms with Crippen LogP contribution in [0.15, 0.2) is 42.5 Å². The average molecular weight is 384 g/mol. The maximum Gasteiger partial charge on any atom is 0.149 e. The van der Waals surface area contributed by atoms with Crippen molar-refractivity contribution in [1.29, 1.82) is 0 Å². The molecule has 0 bridgehead atoms. The van der Waals surface area contributed by atoms with E-state index in [0.717, 1.165) is 32.0 Å². The topological polar surface area (TPSA) is 45.6 Å². The Hall–Kier alpha value is -2.73. The number of para-hydroxylation sites is 1. The van der Waals surface area contributed by atoms with Crippen molar-refractivity contribution in [2.24, 2.45) is 0 Å². The van der Waals surface area contributed by atoms with Crippen LogP contribution in [0.1, 0.15) is 24.1 Å². The van der Waals surface area contributed by atoms with Gasteiger partial charge < -0.3 is 9.84 Å². The van der Waals surface area contributed by atoms with Crippen LogP contribution in [0.4, 0.5) is 8.78 Å². The second-order valence-corrected chi connectivity index (χ2v) is 7.27. The van der Waals surface area contributed by atoms with Gasteiger partial charge in [-0.25, -0.2) is 13.8 Å². The van der Waals surface area contributed by atoms with Crippen LogP contribution < -0.4 is 4.74 Å². The lowest BCUT2D eigenvalue weighted by Crippen LogP contribution is -2.38. The number of phenolic OH excluding ortho intramolecular Hbond substituents is 1. The molecule has 1 N–H and O–H groups in total. The number of ether oxygens (including phenoxy) is 1. The van der Waals surface area contributed by atoms with Crippen LogP contribution in [-0.4, -0.2) is 34.2 Å². The summed E-state index contributed by atoms with van der Waals surface area (Å²) in [6, 6.07) is 11.0. The molecule has 3 aromatic rings. The number of aromatic hydroxyl groups is 1. The molecule has 0 atom stereocenters. The van der Waals surface area contributed by atoms with E-state index in [1.54, 1.807) is 12.1 Å². The standard InChI is InChI=1S/C22H22F2N2O2/c1-14-11-21(18-3-2-4-19(23)22(18)25-14)28-17-7-9-26(10-8-17)13-15-5-6-16(27)12-20(15)24/h2-6,11-12,17,27H,7-10,13H2,1H3. The van der Waals surface area contributed by atoms with Gasteiger partial charge in [-0.05, 0) is 38.0 Å². The van der Waals surface area contributed by atoms with Crippen LogP contribution in [0.5, 0.6) is 11.5 Å². The molecule has 4 rings (SSSR count). The first-order chi connectivity index (χ1) is 13.5. The number of piperidine rings is 1. The zero-order chi connectivity index (χ0) is 19.7. The normalized spacial score (nSPS) is 15.8. The Morgan fingerprint density at radius 2 is 1.89 bits per heavy atom. The number of hydrogen-bond donors (Lipinski definition) is 1. The average Bonchev–Trinajstić information content (AvgIpc) is 2.66. The summed E-state index contributed by atoms with van der Waals surface area (Å²) in [6.07, 6.45) is 1.63. The highest BCUT2D eigenvalue weighted by Crippen LogP contribution is 2.30. The van der Waals surface area contributed by atoms with Crippen molar-refractivity contribution in [2.45, 2.75) is 32.4 Å². The van der Waals surface area contributed by atoms with Gasteiger partial charge in [0, 0.05) is 48.4 Å². The number of rotatable bonds is 4. The molecule has 0 aliphatic carbocycles. The largest absolute Gasteiger partial charge is 0.508 e.